The van der Waals surface area contributed by atoms with E-state index >= 15 is 0 Å². The third kappa shape index (κ3) is 2.25. The van der Waals surface area contributed by atoms with E-state index in [-0.39, 0.29) is 0 Å². The third-order valence-corrected chi connectivity index (χ3v) is 5.04. The van der Waals surface area contributed by atoms with Crippen LogP contribution in [0.1, 0.15) is 48.2 Å². The number of anilines is 1. The van der Waals surface area contributed by atoms with Gasteiger partial charge in [0.05, 0.1) is 5.69 Å². The molecule has 3 nitrogen and oxygen atoms in total. The molecule has 3 rings (SSSR count). The monoisotopic (exact) mass is 273 g/mol. The zero-order valence-electron chi connectivity index (χ0n) is 11.2. The first-order valence-corrected chi connectivity index (χ1v) is 7.81. The molecular weight excluding hydrogens is 254 g/mol. The van der Waals surface area contributed by atoms with Crippen molar-refractivity contribution < 1.29 is 0 Å². The van der Waals surface area contributed by atoms with Gasteiger partial charge in [0.15, 0.2) is 0 Å². The highest BCUT2D eigenvalue weighted by molar-refractivity contribution is 7.10. The molecule has 0 fully saturated rings. The normalized spacial score (nSPS) is 22.2. The Hall–Kier alpha value is -1.42. The summed E-state index contributed by atoms with van der Waals surface area (Å²) in [6.07, 6.45) is 8.31. The van der Waals surface area contributed by atoms with Crippen molar-refractivity contribution in [1.29, 1.82) is 0 Å². The lowest BCUT2D eigenvalue weighted by atomic mass is 9.74. The van der Waals surface area contributed by atoms with Gasteiger partial charge in [-0.05, 0) is 42.2 Å². The molecule has 0 bridgehead atoms. The molecule has 2 N–H and O–H groups in total. The van der Waals surface area contributed by atoms with Crippen LogP contribution >= 0.6 is 11.3 Å². The van der Waals surface area contributed by atoms with Gasteiger partial charge in [-0.15, -0.1) is 11.3 Å². The zero-order valence-corrected chi connectivity index (χ0v) is 12.0. The van der Waals surface area contributed by atoms with Gasteiger partial charge in [-0.25, -0.2) is 4.98 Å². The van der Waals surface area contributed by atoms with Gasteiger partial charge in [0.1, 0.15) is 5.82 Å². The van der Waals surface area contributed by atoms with Crippen LogP contribution in [0.2, 0.25) is 0 Å². The Morgan fingerprint density at radius 2 is 2.21 bits per heavy atom. The average Bonchev–Trinajstić information content (AvgIpc) is 2.88. The van der Waals surface area contributed by atoms with E-state index in [4.69, 9.17) is 5.73 Å². The van der Waals surface area contributed by atoms with E-state index < -0.39 is 0 Å². The van der Waals surface area contributed by atoms with Crippen LogP contribution in [0.3, 0.4) is 0 Å². The zero-order chi connectivity index (χ0) is 13.2. The average molecular weight is 273 g/mol. The highest BCUT2D eigenvalue weighted by atomic mass is 32.1. The second-order valence-electron chi connectivity index (χ2n) is 5.19. The van der Waals surface area contributed by atoms with E-state index in [0.717, 1.165) is 5.69 Å². The number of aromatic nitrogens is 2. The molecule has 0 spiro atoms. The Kier molecular flexibility index (Phi) is 3.51. The third-order valence-electron chi connectivity index (χ3n) is 4.04. The Labute approximate surface area is 117 Å². The molecule has 1 aliphatic rings. The number of hydrogen-bond acceptors (Lipinski definition) is 4. The molecule has 2 atom stereocenters. The molecule has 0 saturated heterocycles. The first-order valence-electron chi connectivity index (χ1n) is 6.94. The lowest BCUT2D eigenvalue weighted by Crippen LogP contribution is -2.22. The van der Waals surface area contributed by atoms with Crippen molar-refractivity contribution in [3.63, 3.8) is 0 Å². The van der Waals surface area contributed by atoms with Crippen molar-refractivity contribution in [3.8, 4) is 0 Å². The van der Waals surface area contributed by atoms with Gasteiger partial charge in [0, 0.05) is 23.2 Å². The minimum atomic E-state index is 0.337. The van der Waals surface area contributed by atoms with Crippen molar-refractivity contribution in [1.82, 2.24) is 9.97 Å². The minimum Gasteiger partial charge on any atom is -0.382 e. The maximum atomic E-state index is 6.07. The number of nitrogens with two attached hydrogens (primary N) is 1. The molecular formula is C15H19N3S. The van der Waals surface area contributed by atoms with Crippen LogP contribution in [0.25, 0.3) is 0 Å². The van der Waals surface area contributed by atoms with Crippen LogP contribution in [0, 0.1) is 5.92 Å². The smallest absolute Gasteiger partial charge is 0.145 e. The largest absolute Gasteiger partial charge is 0.382 e. The summed E-state index contributed by atoms with van der Waals surface area (Å²) in [5.74, 6) is 1.57. The molecule has 19 heavy (non-hydrogen) atoms. The van der Waals surface area contributed by atoms with Crippen LogP contribution in [0.5, 0.6) is 0 Å². The van der Waals surface area contributed by atoms with Crippen molar-refractivity contribution >= 4 is 17.2 Å². The maximum Gasteiger partial charge on any atom is 0.145 e. The van der Waals surface area contributed by atoms with E-state index in [2.05, 4.69) is 28.3 Å². The number of fused-ring (bicyclic) bond motifs is 1. The van der Waals surface area contributed by atoms with Crippen LogP contribution in [0.4, 0.5) is 5.82 Å². The van der Waals surface area contributed by atoms with Gasteiger partial charge in [-0.1, -0.05) is 13.3 Å². The summed E-state index contributed by atoms with van der Waals surface area (Å²) in [5.41, 5.74) is 8.47. The summed E-state index contributed by atoms with van der Waals surface area (Å²) >= 11 is 1.86. The molecule has 0 saturated carbocycles. The first kappa shape index (κ1) is 12.6. The molecule has 0 unspecified atom stereocenters. The first-order chi connectivity index (χ1) is 9.31. The standard InChI is InChI=1S/C15H19N3S/c1-2-3-10-4-5-12-11(6-9-19-12)13(10)14-15(16)18-8-7-17-14/h6-10,13H,2-5H2,1H3,(H2,16,18)/t10-,13+/m1/s1. The maximum absolute atomic E-state index is 6.07. The summed E-state index contributed by atoms with van der Waals surface area (Å²) < 4.78 is 0. The molecule has 2 aromatic rings. The van der Waals surface area contributed by atoms with Gasteiger partial charge in [0.25, 0.3) is 0 Å². The summed E-state index contributed by atoms with van der Waals surface area (Å²) in [6, 6.07) is 2.25. The van der Waals surface area contributed by atoms with Crippen LogP contribution in [-0.4, -0.2) is 9.97 Å². The Morgan fingerprint density at radius 3 is 3.00 bits per heavy atom. The molecule has 0 aromatic carbocycles. The lowest BCUT2D eigenvalue weighted by molar-refractivity contribution is 0.378. The van der Waals surface area contributed by atoms with E-state index in [1.54, 1.807) is 12.4 Å². The SMILES string of the molecule is CCC[C@@H]1CCc2sccc2[C@H]1c1nccnc1N. The topological polar surface area (TPSA) is 51.8 Å². The van der Waals surface area contributed by atoms with Gasteiger partial charge in [-0.3, -0.25) is 4.98 Å². The Balaban J connectivity index is 2.07. The van der Waals surface area contributed by atoms with E-state index in [9.17, 15) is 0 Å². The summed E-state index contributed by atoms with van der Waals surface area (Å²) in [6.45, 7) is 2.25. The predicted octanol–water partition coefficient (Wildman–Crippen LogP) is 3.61. The molecule has 4 heteroatoms. The quantitative estimate of drug-likeness (QED) is 0.929. The Bertz CT molecular complexity index is 564. The van der Waals surface area contributed by atoms with Crippen molar-refractivity contribution in [2.24, 2.45) is 5.92 Å². The van der Waals surface area contributed by atoms with Crippen LogP contribution in [-0.2, 0) is 6.42 Å². The fraction of sp³-hybridized carbons (Fsp3) is 0.467. The second-order valence-corrected chi connectivity index (χ2v) is 6.19. The van der Waals surface area contributed by atoms with Gasteiger partial charge in [0.2, 0.25) is 0 Å². The molecule has 2 heterocycles. The van der Waals surface area contributed by atoms with Crippen molar-refractivity contribution in [2.45, 2.75) is 38.5 Å². The predicted molar refractivity (Wildman–Crippen MR) is 79.3 cm³/mol. The van der Waals surface area contributed by atoms with Crippen molar-refractivity contribution in [3.05, 3.63) is 40.0 Å². The van der Waals surface area contributed by atoms with Gasteiger partial charge < -0.3 is 5.73 Å². The van der Waals surface area contributed by atoms with Gasteiger partial charge in [-0.2, -0.15) is 0 Å². The molecule has 0 aliphatic heterocycles. The molecule has 1 aliphatic carbocycles. The highest BCUT2D eigenvalue weighted by Crippen LogP contribution is 2.45. The Morgan fingerprint density at radius 1 is 1.37 bits per heavy atom. The second kappa shape index (κ2) is 5.29. The fourth-order valence-electron chi connectivity index (χ4n) is 3.22. The van der Waals surface area contributed by atoms with Crippen LogP contribution in [0.15, 0.2) is 23.8 Å². The number of aryl methyl sites for hydroxylation is 1. The van der Waals surface area contributed by atoms with Gasteiger partial charge >= 0.3 is 0 Å². The molecule has 100 valence electrons. The number of nitrogen functional groups attached to an aromatic ring is 1. The number of hydrogen-bond donors (Lipinski definition) is 1. The highest BCUT2D eigenvalue weighted by Gasteiger charge is 2.33. The van der Waals surface area contributed by atoms with Crippen LogP contribution < -0.4 is 5.73 Å². The van der Waals surface area contributed by atoms with E-state index in [1.807, 2.05) is 11.3 Å². The number of rotatable bonds is 3. The number of thiophene rings is 1. The molecule has 0 radical (unpaired) electrons. The fourth-order valence-corrected chi connectivity index (χ4v) is 4.17. The lowest BCUT2D eigenvalue weighted by Gasteiger charge is -2.31. The minimum absolute atomic E-state index is 0.337. The summed E-state index contributed by atoms with van der Waals surface area (Å²) in [5, 5.41) is 2.19. The van der Waals surface area contributed by atoms with Crippen molar-refractivity contribution in [2.75, 3.05) is 5.73 Å². The molecule has 0 amide bonds. The molecule has 2 aromatic heterocycles. The summed E-state index contributed by atoms with van der Waals surface area (Å²) in [7, 11) is 0. The van der Waals surface area contributed by atoms with E-state index in [1.165, 1.54) is 36.1 Å². The summed E-state index contributed by atoms with van der Waals surface area (Å²) in [4.78, 5) is 10.3. The number of nitrogens with zero attached hydrogens (tertiary/aromatic N) is 2. The van der Waals surface area contributed by atoms with E-state index in [0.29, 0.717) is 17.7 Å².